The summed E-state index contributed by atoms with van der Waals surface area (Å²) in [6.07, 6.45) is -3.59. The summed E-state index contributed by atoms with van der Waals surface area (Å²) in [5.41, 5.74) is 0. The van der Waals surface area contributed by atoms with E-state index in [1.807, 2.05) is 0 Å². The van der Waals surface area contributed by atoms with E-state index in [-0.39, 0.29) is 6.54 Å². The van der Waals surface area contributed by atoms with Gasteiger partial charge < -0.3 is 4.90 Å². The first-order valence-corrected chi connectivity index (χ1v) is 5.14. The van der Waals surface area contributed by atoms with Crippen molar-refractivity contribution in [2.24, 2.45) is 0 Å². The average molecular weight is 237 g/mol. The second-order valence-electron chi connectivity index (χ2n) is 2.92. The van der Waals surface area contributed by atoms with Gasteiger partial charge in [0, 0.05) is 6.54 Å². The van der Waals surface area contributed by atoms with E-state index in [0.29, 0.717) is 16.2 Å². The number of anilines is 1. The number of nitrogens with zero attached hydrogens (tertiary/aromatic N) is 1. The van der Waals surface area contributed by atoms with Crippen LogP contribution in [0.15, 0.2) is 12.1 Å². The number of hydrogen-bond acceptors (Lipinski definition) is 3. The molecule has 0 aromatic carbocycles. The minimum atomic E-state index is -4.22. The van der Waals surface area contributed by atoms with Crippen LogP contribution in [0.25, 0.3) is 0 Å². The number of halogens is 3. The summed E-state index contributed by atoms with van der Waals surface area (Å²) in [7, 11) is 0. The van der Waals surface area contributed by atoms with Crippen LogP contribution < -0.4 is 4.90 Å². The van der Waals surface area contributed by atoms with Crippen LogP contribution in [0.2, 0.25) is 0 Å². The van der Waals surface area contributed by atoms with Crippen molar-refractivity contribution in [1.29, 1.82) is 0 Å². The van der Waals surface area contributed by atoms with E-state index >= 15 is 0 Å². The van der Waals surface area contributed by atoms with Crippen molar-refractivity contribution in [3.8, 4) is 0 Å². The topological polar surface area (TPSA) is 20.3 Å². The molecular formula is C9H10F3NOS. The first kappa shape index (κ1) is 12.0. The molecule has 0 aliphatic carbocycles. The van der Waals surface area contributed by atoms with Crippen molar-refractivity contribution in [1.82, 2.24) is 0 Å². The van der Waals surface area contributed by atoms with Gasteiger partial charge in [-0.2, -0.15) is 13.2 Å². The van der Waals surface area contributed by atoms with E-state index in [0.717, 1.165) is 11.3 Å². The van der Waals surface area contributed by atoms with Crippen molar-refractivity contribution >= 4 is 22.6 Å². The Kier molecular flexibility index (Phi) is 3.73. The number of carbonyl (C=O) groups excluding carboxylic acids is 1. The number of thiophene rings is 1. The maximum atomic E-state index is 12.2. The first-order chi connectivity index (χ1) is 6.96. The molecule has 0 saturated heterocycles. The highest BCUT2D eigenvalue weighted by molar-refractivity contribution is 7.17. The molecule has 0 saturated carbocycles. The molecule has 0 atom stereocenters. The Balaban J connectivity index is 2.78. The maximum absolute atomic E-state index is 12.2. The minimum absolute atomic E-state index is 0.262. The van der Waals surface area contributed by atoms with Crippen LogP contribution in [-0.4, -0.2) is 25.6 Å². The van der Waals surface area contributed by atoms with Crippen molar-refractivity contribution in [3.63, 3.8) is 0 Å². The summed E-state index contributed by atoms with van der Waals surface area (Å²) in [4.78, 5) is 12.0. The molecule has 84 valence electrons. The molecule has 0 radical (unpaired) electrons. The maximum Gasteiger partial charge on any atom is 0.405 e. The van der Waals surface area contributed by atoms with Gasteiger partial charge in [0.15, 0.2) is 6.29 Å². The van der Waals surface area contributed by atoms with Gasteiger partial charge >= 0.3 is 6.18 Å². The lowest BCUT2D eigenvalue weighted by Crippen LogP contribution is -2.33. The number of hydrogen-bond donors (Lipinski definition) is 0. The lowest BCUT2D eigenvalue weighted by molar-refractivity contribution is -0.119. The lowest BCUT2D eigenvalue weighted by atomic mass is 10.4. The molecule has 1 rings (SSSR count). The smallest absolute Gasteiger partial charge is 0.355 e. The summed E-state index contributed by atoms with van der Waals surface area (Å²) in [6.45, 7) is 0.923. The summed E-state index contributed by atoms with van der Waals surface area (Å²) in [6, 6.07) is 3.05. The van der Waals surface area contributed by atoms with Crippen molar-refractivity contribution in [3.05, 3.63) is 17.0 Å². The van der Waals surface area contributed by atoms with E-state index in [1.54, 1.807) is 6.92 Å². The number of rotatable bonds is 4. The molecule has 0 spiro atoms. The second-order valence-corrected chi connectivity index (χ2v) is 4.02. The normalized spacial score (nSPS) is 11.5. The average Bonchev–Trinajstić information content (AvgIpc) is 2.60. The Morgan fingerprint density at radius 1 is 1.47 bits per heavy atom. The predicted molar refractivity (Wildman–Crippen MR) is 53.6 cm³/mol. The molecule has 0 aliphatic heterocycles. The van der Waals surface area contributed by atoms with Gasteiger partial charge in [0.1, 0.15) is 6.54 Å². The molecule has 2 nitrogen and oxygen atoms in total. The quantitative estimate of drug-likeness (QED) is 0.750. The van der Waals surface area contributed by atoms with Crippen molar-refractivity contribution in [2.75, 3.05) is 18.0 Å². The van der Waals surface area contributed by atoms with E-state index in [9.17, 15) is 18.0 Å². The van der Waals surface area contributed by atoms with Crippen LogP contribution in [-0.2, 0) is 0 Å². The highest BCUT2D eigenvalue weighted by Crippen LogP contribution is 2.27. The SMILES string of the molecule is CCN(CC(F)(F)F)c1ccc(C=O)s1. The summed E-state index contributed by atoms with van der Waals surface area (Å²) >= 11 is 1.06. The van der Waals surface area contributed by atoms with Crippen molar-refractivity contribution in [2.45, 2.75) is 13.1 Å². The minimum Gasteiger partial charge on any atom is -0.355 e. The highest BCUT2D eigenvalue weighted by atomic mass is 32.1. The van der Waals surface area contributed by atoms with E-state index in [4.69, 9.17) is 0 Å². The van der Waals surface area contributed by atoms with Gasteiger partial charge in [0.2, 0.25) is 0 Å². The van der Waals surface area contributed by atoms with Gasteiger partial charge in [-0.25, -0.2) is 0 Å². The second kappa shape index (κ2) is 4.65. The number of alkyl halides is 3. The monoisotopic (exact) mass is 237 g/mol. The summed E-state index contributed by atoms with van der Waals surface area (Å²) in [5.74, 6) is 0. The zero-order valence-electron chi connectivity index (χ0n) is 8.04. The standard InChI is InChI=1S/C9H10F3NOS/c1-2-13(6-9(10,11)12)8-4-3-7(5-14)15-8/h3-5H,2,6H2,1H3. The van der Waals surface area contributed by atoms with Gasteiger partial charge in [0.25, 0.3) is 0 Å². The Hall–Kier alpha value is -1.04. The molecule has 0 bridgehead atoms. The van der Waals surface area contributed by atoms with Crippen LogP contribution in [0.1, 0.15) is 16.6 Å². The fraction of sp³-hybridized carbons (Fsp3) is 0.444. The third-order valence-corrected chi connectivity index (χ3v) is 2.86. The predicted octanol–water partition coefficient (Wildman–Crippen LogP) is 2.95. The fourth-order valence-corrected chi connectivity index (χ4v) is 2.02. The molecule has 1 aromatic rings. The first-order valence-electron chi connectivity index (χ1n) is 4.33. The van der Waals surface area contributed by atoms with Gasteiger partial charge in [0.05, 0.1) is 9.88 Å². The van der Waals surface area contributed by atoms with E-state index in [1.165, 1.54) is 17.0 Å². The molecule has 6 heteroatoms. The molecule has 0 amide bonds. The van der Waals surface area contributed by atoms with Gasteiger partial charge in [-0.05, 0) is 19.1 Å². The van der Waals surface area contributed by atoms with E-state index < -0.39 is 12.7 Å². The van der Waals surface area contributed by atoms with Gasteiger partial charge in [-0.1, -0.05) is 0 Å². The zero-order valence-corrected chi connectivity index (χ0v) is 8.86. The molecule has 0 aliphatic rings. The highest BCUT2D eigenvalue weighted by Gasteiger charge is 2.30. The van der Waals surface area contributed by atoms with Crippen LogP contribution in [0.5, 0.6) is 0 Å². The third-order valence-electron chi connectivity index (χ3n) is 1.79. The largest absolute Gasteiger partial charge is 0.405 e. The van der Waals surface area contributed by atoms with Crippen LogP contribution in [0, 0.1) is 0 Å². The van der Waals surface area contributed by atoms with Gasteiger partial charge in [-0.3, -0.25) is 4.79 Å². The molecule has 15 heavy (non-hydrogen) atoms. The molecular weight excluding hydrogens is 227 g/mol. The molecule has 0 unspecified atom stereocenters. The van der Waals surface area contributed by atoms with Crippen LogP contribution in [0.3, 0.4) is 0 Å². The van der Waals surface area contributed by atoms with Crippen molar-refractivity contribution < 1.29 is 18.0 Å². The van der Waals surface area contributed by atoms with E-state index in [2.05, 4.69) is 0 Å². The summed E-state index contributed by atoms with van der Waals surface area (Å²) in [5, 5.41) is 0.469. The Labute approximate surface area is 89.3 Å². The Morgan fingerprint density at radius 3 is 2.53 bits per heavy atom. The van der Waals surface area contributed by atoms with Crippen LogP contribution in [0.4, 0.5) is 18.2 Å². The Morgan fingerprint density at radius 2 is 2.13 bits per heavy atom. The Bertz CT molecular complexity index is 334. The molecule has 0 N–H and O–H groups in total. The zero-order chi connectivity index (χ0) is 11.5. The fourth-order valence-electron chi connectivity index (χ4n) is 1.14. The number of aldehydes is 1. The third kappa shape index (κ3) is 3.54. The van der Waals surface area contributed by atoms with Crippen LogP contribution >= 0.6 is 11.3 Å². The summed E-state index contributed by atoms with van der Waals surface area (Å²) < 4.78 is 36.5. The van der Waals surface area contributed by atoms with Gasteiger partial charge in [-0.15, -0.1) is 11.3 Å². The molecule has 1 aromatic heterocycles. The number of carbonyl (C=O) groups is 1. The lowest BCUT2D eigenvalue weighted by Gasteiger charge is -2.22. The molecule has 0 fully saturated rings. The molecule has 1 heterocycles.